The van der Waals surface area contributed by atoms with Gasteiger partial charge in [-0.25, -0.2) is 4.98 Å². The number of carbonyl (C=O) groups is 1. The molecule has 0 spiro atoms. The molecule has 5 nitrogen and oxygen atoms in total. The molecule has 0 radical (unpaired) electrons. The zero-order valence-electron chi connectivity index (χ0n) is 14.4. The lowest BCUT2D eigenvalue weighted by Gasteiger charge is -2.25. The second kappa shape index (κ2) is 8.29. The number of nitrogens with zero attached hydrogens (tertiary/aromatic N) is 2. The van der Waals surface area contributed by atoms with E-state index < -0.39 is 0 Å². The van der Waals surface area contributed by atoms with Gasteiger partial charge in [0.25, 0.3) is 5.56 Å². The Morgan fingerprint density at radius 3 is 2.75 bits per heavy atom. The van der Waals surface area contributed by atoms with E-state index in [9.17, 15) is 9.59 Å². The van der Waals surface area contributed by atoms with Gasteiger partial charge in [-0.2, -0.15) is 0 Å². The van der Waals surface area contributed by atoms with Crippen LogP contribution in [0.25, 0.3) is 10.9 Å². The molecule has 0 aliphatic carbocycles. The summed E-state index contributed by atoms with van der Waals surface area (Å²) >= 11 is 5.99. The number of carbonyl (C=O) groups excluding carboxylic acids is 1. The van der Waals surface area contributed by atoms with E-state index in [4.69, 9.17) is 11.6 Å². The molecule has 0 fully saturated rings. The number of hydrogen-bond acceptors (Lipinski definition) is 3. The second-order valence-corrected chi connectivity index (χ2v) is 6.56. The topological polar surface area (TPSA) is 66.1 Å². The predicted octanol–water partition coefficient (Wildman–Crippen LogP) is 3.75. The number of H-pyrrole nitrogens is 1. The first-order valence-corrected chi connectivity index (χ1v) is 8.81. The molecule has 1 unspecified atom stereocenters. The molecule has 2 aromatic rings. The van der Waals surface area contributed by atoms with Gasteiger partial charge in [-0.15, -0.1) is 0 Å². The number of rotatable bonds is 7. The molecular weight excluding hydrogens is 326 g/mol. The van der Waals surface area contributed by atoms with E-state index in [0.717, 1.165) is 19.3 Å². The van der Waals surface area contributed by atoms with Crippen molar-refractivity contribution in [1.82, 2.24) is 14.9 Å². The molecule has 0 aliphatic heterocycles. The summed E-state index contributed by atoms with van der Waals surface area (Å²) in [6.45, 7) is 6.99. The summed E-state index contributed by atoms with van der Waals surface area (Å²) in [5.41, 5.74) is 0.337. The highest BCUT2D eigenvalue weighted by Crippen LogP contribution is 2.16. The van der Waals surface area contributed by atoms with Crippen LogP contribution in [-0.2, 0) is 11.3 Å². The molecule has 0 saturated heterocycles. The Hall–Kier alpha value is -1.88. The predicted molar refractivity (Wildman–Crippen MR) is 97.2 cm³/mol. The molecule has 1 aromatic carbocycles. The van der Waals surface area contributed by atoms with Crippen LogP contribution in [0.2, 0.25) is 5.02 Å². The van der Waals surface area contributed by atoms with Crippen LogP contribution < -0.4 is 5.56 Å². The molecule has 1 atom stereocenters. The highest BCUT2D eigenvalue weighted by atomic mass is 35.5. The minimum absolute atomic E-state index is 0.0248. The zero-order chi connectivity index (χ0) is 17.7. The number of halogens is 1. The molecular formula is C18H24ClN3O2. The maximum atomic E-state index is 12.6. The Balaban J connectivity index is 2.30. The first-order valence-electron chi connectivity index (χ1n) is 8.43. The van der Waals surface area contributed by atoms with E-state index in [1.165, 1.54) is 0 Å². The van der Waals surface area contributed by atoms with E-state index in [0.29, 0.717) is 34.8 Å². The third-order valence-corrected chi connectivity index (χ3v) is 4.24. The van der Waals surface area contributed by atoms with Gasteiger partial charge in [0.05, 0.1) is 17.4 Å². The van der Waals surface area contributed by atoms with Crippen LogP contribution >= 0.6 is 11.6 Å². The number of aromatic amines is 1. The fraction of sp³-hybridized carbons (Fsp3) is 0.500. The maximum absolute atomic E-state index is 12.6. The highest BCUT2D eigenvalue weighted by molar-refractivity contribution is 6.31. The molecule has 1 aromatic heterocycles. The standard InChI is InChI=1S/C18H24ClN3O2/c1-4-6-12(3)18(24)22(9-5-2)11-16-20-15-10-13(19)7-8-14(15)17(23)21-16/h7-8,10,12H,4-6,9,11H2,1-3H3,(H,20,21,23). The summed E-state index contributed by atoms with van der Waals surface area (Å²) in [6, 6.07) is 4.99. The van der Waals surface area contributed by atoms with Crippen molar-refractivity contribution in [2.45, 2.75) is 46.6 Å². The van der Waals surface area contributed by atoms with Crippen molar-refractivity contribution in [1.29, 1.82) is 0 Å². The van der Waals surface area contributed by atoms with Gasteiger partial charge in [0.15, 0.2) is 0 Å². The Kier molecular flexibility index (Phi) is 6.37. The van der Waals surface area contributed by atoms with Crippen molar-refractivity contribution in [2.75, 3.05) is 6.54 Å². The lowest BCUT2D eigenvalue weighted by Crippen LogP contribution is -2.36. The minimum Gasteiger partial charge on any atom is -0.335 e. The van der Waals surface area contributed by atoms with Crippen LogP contribution in [0.3, 0.4) is 0 Å². The molecule has 130 valence electrons. The summed E-state index contributed by atoms with van der Waals surface area (Å²) in [6.07, 6.45) is 2.68. The van der Waals surface area contributed by atoms with Crippen molar-refractivity contribution in [3.63, 3.8) is 0 Å². The van der Waals surface area contributed by atoms with Crippen LogP contribution in [0, 0.1) is 5.92 Å². The molecule has 1 N–H and O–H groups in total. The van der Waals surface area contributed by atoms with Gasteiger partial charge in [0.1, 0.15) is 5.82 Å². The number of aromatic nitrogens is 2. The Morgan fingerprint density at radius 1 is 1.33 bits per heavy atom. The maximum Gasteiger partial charge on any atom is 0.258 e. The molecule has 1 heterocycles. The van der Waals surface area contributed by atoms with Crippen LogP contribution in [0.15, 0.2) is 23.0 Å². The van der Waals surface area contributed by atoms with Gasteiger partial charge in [0, 0.05) is 17.5 Å². The number of fused-ring (bicyclic) bond motifs is 1. The van der Waals surface area contributed by atoms with Crippen LogP contribution in [-0.4, -0.2) is 27.3 Å². The summed E-state index contributed by atoms with van der Waals surface area (Å²) in [5, 5.41) is 1.03. The fourth-order valence-corrected chi connectivity index (χ4v) is 2.99. The molecule has 2 rings (SSSR count). The van der Waals surface area contributed by atoms with E-state index in [-0.39, 0.29) is 17.4 Å². The lowest BCUT2D eigenvalue weighted by atomic mass is 10.0. The third kappa shape index (κ3) is 4.35. The minimum atomic E-state index is -0.211. The average Bonchev–Trinajstić information content (AvgIpc) is 2.53. The number of amides is 1. The van der Waals surface area contributed by atoms with Crippen LogP contribution in [0.5, 0.6) is 0 Å². The molecule has 0 bridgehead atoms. The van der Waals surface area contributed by atoms with Crippen molar-refractivity contribution in [3.8, 4) is 0 Å². The summed E-state index contributed by atoms with van der Waals surface area (Å²) in [7, 11) is 0. The number of hydrogen-bond donors (Lipinski definition) is 1. The normalized spacial score (nSPS) is 12.3. The fourth-order valence-electron chi connectivity index (χ4n) is 2.82. The quantitative estimate of drug-likeness (QED) is 0.827. The second-order valence-electron chi connectivity index (χ2n) is 6.12. The van der Waals surface area contributed by atoms with E-state index in [1.807, 2.05) is 13.8 Å². The SMILES string of the molecule is CCCC(C)C(=O)N(CCC)Cc1nc2cc(Cl)ccc2c(=O)[nH]1. The van der Waals surface area contributed by atoms with Gasteiger partial charge >= 0.3 is 0 Å². The van der Waals surface area contributed by atoms with Gasteiger partial charge < -0.3 is 9.88 Å². The van der Waals surface area contributed by atoms with E-state index >= 15 is 0 Å². The number of benzene rings is 1. The van der Waals surface area contributed by atoms with E-state index in [1.54, 1.807) is 23.1 Å². The lowest BCUT2D eigenvalue weighted by molar-refractivity contribution is -0.136. The van der Waals surface area contributed by atoms with Crippen LogP contribution in [0.4, 0.5) is 0 Å². The van der Waals surface area contributed by atoms with Crippen molar-refractivity contribution >= 4 is 28.4 Å². The van der Waals surface area contributed by atoms with Gasteiger partial charge in [-0.3, -0.25) is 9.59 Å². The largest absolute Gasteiger partial charge is 0.335 e. The average molecular weight is 350 g/mol. The first-order chi connectivity index (χ1) is 11.5. The molecule has 6 heteroatoms. The van der Waals surface area contributed by atoms with Gasteiger partial charge in [-0.05, 0) is 31.0 Å². The van der Waals surface area contributed by atoms with Gasteiger partial charge in [0.2, 0.25) is 5.91 Å². The molecule has 24 heavy (non-hydrogen) atoms. The summed E-state index contributed by atoms with van der Waals surface area (Å²) < 4.78 is 0. The monoisotopic (exact) mass is 349 g/mol. The smallest absolute Gasteiger partial charge is 0.258 e. The Bertz CT molecular complexity index is 772. The summed E-state index contributed by atoms with van der Waals surface area (Å²) in [5.74, 6) is 0.566. The van der Waals surface area contributed by atoms with Gasteiger partial charge in [-0.1, -0.05) is 38.8 Å². The highest BCUT2D eigenvalue weighted by Gasteiger charge is 2.20. The zero-order valence-corrected chi connectivity index (χ0v) is 15.2. The van der Waals surface area contributed by atoms with Crippen molar-refractivity contribution in [3.05, 3.63) is 39.4 Å². The molecule has 0 aliphatic rings. The summed E-state index contributed by atoms with van der Waals surface area (Å²) in [4.78, 5) is 33.9. The molecule has 0 saturated carbocycles. The van der Waals surface area contributed by atoms with E-state index in [2.05, 4.69) is 16.9 Å². The Labute approximate surface area is 147 Å². The first kappa shape index (κ1) is 18.5. The molecule has 1 amide bonds. The Morgan fingerprint density at radius 2 is 2.08 bits per heavy atom. The van der Waals surface area contributed by atoms with Crippen molar-refractivity contribution < 1.29 is 4.79 Å². The van der Waals surface area contributed by atoms with Crippen LogP contribution in [0.1, 0.15) is 45.9 Å². The van der Waals surface area contributed by atoms with Crippen molar-refractivity contribution in [2.24, 2.45) is 5.92 Å². The number of nitrogens with one attached hydrogen (secondary N) is 1. The third-order valence-electron chi connectivity index (χ3n) is 4.01.